The van der Waals surface area contributed by atoms with Gasteiger partial charge >= 0.3 is 5.97 Å². The minimum Gasteiger partial charge on any atom is -0.481 e. The van der Waals surface area contributed by atoms with E-state index in [2.05, 4.69) is 50.4 Å². The van der Waals surface area contributed by atoms with Gasteiger partial charge in [0.25, 0.3) is 0 Å². The summed E-state index contributed by atoms with van der Waals surface area (Å²) in [7, 11) is 0. The molecule has 0 bridgehead atoms. The minimum atomic E-state index is -0.755. The molecular weight excluding hydrogens is 250 g/mol. The molecule has 3 heteroatoms. The fourth-order valence-electron chi connectivity index (χ4n) is 2.35. The third-order valence-electron chi connectivity index (χ3n) is 3.53. The molecule has 0 aromatic heterocycles. The number of nitrogens with one attached hydrogen (secondary N) is 1. The second-order valence-electron chi connectivity index (χ2n) is 5.66. The van der Waals surface area contributed by atoms with Crippen molar-refractivity contribution < 1.29 is 9.90 Å². The van der Waals surface area contributed by atoms with Crippen LogP contribution in [-0.2, 0) is 11.2 Å². The Morgan fingerprint density at radius 1 is 1.25 bits per heavy atom. The number of hydrogen-bond donors (Lipinski definition) is 2. The van der Waals surface area contributed by atoms with Crippen LogP contribution in [0.4, 0.5) is 0 Å². The van der Waals surface area contributed by atoms with Crippen LogP contribution in [-0.4, -0.2) is 17.6 Å². The van der Waals surface area contributed by atoms with Gasteiger partial charge in [-0.15, -0.1) is 0 Å². The fraction of sp³-hybridized carbons (Fsp3) is 0.588. The Morgan fingerprint density at radius 3 is 2.40 bits per heavy atom. The van der Waals surface area contributed by atoms with Gasteiger partial charge in [0.05, 0.1) is 6.42 Å². The summed E-state index contributed by atoms with van der Waals surface area (Å²) in [5, 5.41) is 12.1. The zero-order valence-corrected chi connectivity index (χ0v) is 12.9. The lowest BCUT2D eigenvalue weighted by atomic mass is 9.94. The molecular formula is C17H27NO2. The van der Waals surface area contributed by atoms with E-state index in [-0.39, 0.29) is 12.5 Å². The van der Waals surface area contributed by atoms with E-state index in [0.717, 1.165) is 6.42 Å². The van der Waals surface area contributed by atoms with Gasteiger partial charge in [-0.2, -0.15) is 0 Å². The van der Waals surface area contributed by atoms with Crippen LogP contribution in [0.1, 0.15) is 57.2 Å². The van der Waals surface area contributed by atoms with Crippen molar-refractivity contribution in [2.45, 2.75) is 52.5 Å². The van der Waals surface area contributed by atoms with Crippen LogP contribution in [0.15, 0.2) is 24.3 Å². The monoisotopic (exact) mass is 277 g/mol. The van der Waals surface area contributed by atoms with E-state index in [1.165, 1.54) is 24.0 Å². The molecule has 0 aliphatic rings. The van der Waals surface area contributed by atoms with Gasteiger partial charge in [-0.1, -0.05) is 51.5 Å². The van der Waals surface area contributed by atoms with Crippen molar-refractivity contribution in [3.05, 3.63) is 35.4 Å². The van der Waals surface area contributed by atoms with Crippen LogP contribution in [0.5, 0.6) is 0 Å². The van der Waals surface area contributed by atoms with E-state index in [9.17, 15) is 4.79 Å². The zero-order chi connectivity index (χ0) is 15.0. The molecule has 112 valence electrons. The maximum atomic E-state index is 10.6. The fourth-order valence-corrected chi connectivity index (χ4v) is 2.35. The highest BCUT2D eigenvalue weighted by molar-refractivity contribution is 5.66. The summed E-state index contributed by atoms with van der Waals surface area (Å²) in [6, 6.07) is 8.94. The Balaban J connectivity index is 2.64. The second kappa shape index (κ2) is 8.75. The highest BCUT2D eigenvalue weighted by atomic mass is 16.4. The molecule has 0 amide bonds. The molecule has 0 aliphatic heterocycles. The maximum Gasteiger partial charge on any atom is 0.304 e. The predicted molar refractivity (Wildman–Crippen MR) is 82.9 cm³/mol. The Morgan fingerprint density at radius 2 is 1.90 bits per heavy atom. The number of carboxylic acids is 1. The Hall–Kier alpha value is -1.35. The molecule has 0 heterocycles. The van der Waals surface area contributed by atoms with E-state index in [1.807, 2.05) is 0 Å². The number of hydrogen-bond acceptors (Lipinski definition) is 2. The molecule has 1 unspecified atom stereocenters. The van der Waals surface area contributed by atoms with Crippen molar-refractivity contribution in [2.24, 2.45) is 5.92 Å². The van der Waals surface area contributed by atoms with E-state index in [0.29, 0.717) is 12.5 Å². The van der Waals surface area contributed by atoms with Gasteiger partial charge < -0.3 is 10.4 Å². The summed E-state index contributed by atoms with van der Waals surface area (Å²) in [5.74, 6) is -0.319. The average Bonchev–Trinajstić information content (AvgIpc) is 2.41. The quantitative estimate of drug-likeness (QED) is 0.722. The number of aliphatic carboxylic acids is 1. The number of carboxylic acid groups (broad SMARTS) is 1. The second-order valence-corrected chi connectivity index (χ2v) is 5.66. The molecule has 1 aromatic rings. The molecule has 1 atom stereocenters. The van der Waals surface area contributed by atoms with E-state index in [1.54, 1.807) is 0 Å². The maximum absolute atomic E-state index is 10.6. The summed E-state index contributed by atoms with van der Waals surface area (Å²) in [5.41, 5.74) is 2.62. The van der Waals surface area contributed by atoms with Crippen molar-refractivity contribution in [2.75, 3.05) is 6.54 Å². The first kappa shape index (κ1) is 16.7. The van der Waals surface area contributed by atoms with Gasteiger partial charge in [-0.3, -0.25) is 4.79 Å². The van der Waals surface area contributed by atoms with Gasteiger partial charge in [0.2, 0.25) is 0 Å². The van der Waals surface area contributed by atoms with Crippen molar-refractivity contribution >= 4 is 5.97 Å². The van der Waals surface area contributed by atoms with E-state index >= 15 is 0 Å². The first-order valence-corrected chi connectivity index (χ1v) is 7.58. The first-order valence-electron chi connectivity index (χ1n) is 7.58. The topological polar surface area (TPSA) is 49.3 Å². The molecule has 3 nitrogen and oxygen atoms in total. The summed E-state index contributed by atoms with van der Waals surface area (Å²) < 4.78 is 0. The molecule has 1 rings (SSSR count). The van der Waals surface area contributed by atoms with E-state index in [4.69, 9.17) is 5.11 Å². The first-order chi connectivity index (χ1) is 9.54. The molecule has 0 saturated heterocycles. The highest BCUT2D eigenvalue weighted by Gasteiger charge is 2.15. The molecule has 0 saturated carbocycles. The molecule has 0 aliphatic carbocycles. The summed E-state index contributed by atoms with van der Waals surface area (Å²) in [4.78, 5) is 10.6. The highest BCUT2D eigenvalue weighted by Crippen LogP contribution is 2.22. The minimum absolute atomic E-state index is 0.164. The van der Waals surface area contributed by atoms with Gasteiger partial charge in [0, 0.05) is 12.6 Å². The van der Waals surface area contributed by atoms with Crippen LogP contribution < -0.4 is 5.32 Å². The lowest BCUT2D eigenvalue weighted by molar-refractivity contribution is -0.136. The molecule has 20 heavy (non-hydrogen) atoms. The SMILES string of the molecule is CCCCc1ccc(C(NCCC(=O)O)C(C)C)cc1. The van der Waals surface area contributed by atoms with Crippen molar-refractivity contribution in [1.29, 1.82) is 0 Å². The molecule has 0 fully saturated rings. The van der Waals surface area contributed by atoms with Gasteiger partial charge in [-0.05, 0) is 29.9 Å². The van der Waals surface area contributed by atoms with Crippen molar-refractivity contribution in [3.8, 4) is 0 Å². The smallest absolute Gasteiger partial charge is 0.304 e. The summed E-state index contributed by atoms with van der Waals surface area (Å²) in [6.45, 7) is 7.03. The lowest BCUT2D eigenvalue weighted by Gasteiger charge is -2.23. The number of benzene rings is 1. The number of unbranched alkanes of at least 4 members (excludes halogenated alkanes) is 1. The molecule has 0 spiro atoms. The predicted octanol–water partition coefficient (Wildman–Crippen LogP) is 3.79. The Bertz CT molecular complexity index is 398. The van der Waals surface area contributed by atoms with Crippen molar-refractivity contribution in [1.82, 2.24) is 5.32 Å². The summed E-state index contributed by atoms with van der Waals surface area (Å²) >= 11 is 0. The lowest BCUT2D eigenvalue weighted by Crippen LogP contribution is -2.27. The molecule has 2 N–H and O–H groups in total. The average molecular weight is 277 g/mol. The van der Waals surface area contributed by atoms with E-state index < -0.39 is 5.97 Å². The third kappa shape index (κ3) is 5.74. The number of carbonyl (C=O) groups is 1. The molecule has 1 aromatic carbocycles. The van der Waals surface area contributed by atoms with Crippen LogP contribution in [0, 0.1) is 5.92 Å². The summed E-state index contributed by atoms with van der Waals surface area (Å²) in [6.07, 6.45) is 3.74. The number of rotatable bonds is 9. The zero-order valence-electron chi connectivity index (χ0n) is 12.9. The van der Waals surface area contributed by atoms with Gasteiger partial charge in [-0.25, -0.2) is 0 Å². The van der Waals surface area contributed by atoms with Gasteiger partial charge in [0.15, 0.2) is 0 Å². The number of aryl methyl sites for hydroxylation is 1. The van der Waals surface area contributed by atoms with Crippen LogP contribution in [0.25, 0.3) is 0 Å². The molecule has 0 radical (unpaired) electrons. The van der Waals surface area contributed by atoms with Gasteiger partial charge in [0.1, 0.15) is 0 Å². The standard InChI is InChI=1S/C17H27NO2/c1-4-5-6-14-7-9-15(10-8-14)17(13(2)3)18-12-11-16(19)20/h7-10,13,17-18H,4-6,11-12H2,1-3H3,(H,19,20). The van der Waals surface area contributed by atoms with Crippen molar-refractivity contribution in [3.63, 3.8) is 0 Å². The van der Waals surface area contributed by atoms with Crippen LogP contribution >= 0.6 is 0 Å². The Kier molecular flexibility index (Phi) is 7.31. The Labute approximate surface area is 122 Å². The van der Waals surface area contributed by atoms with Crippen LogP contribution in [0.3, 0.4) is 0 Å². The normalized spacial score (nSPS) is 12.6. The van der Waals surface area contributed by atoms with Crippen LogP contribution in [0.2, 0.25) is 0 Å². The third-order valence-corrected chi connectivity index (χ3v) is 3.53. The largest absolute Gasteiger partial charge is 0.481 e.